The van der Waals surface area contributed by atoms with Crippen molar-refractivity contribution in [2.24, 2.45) is 5.92 Å². The second-order valence-corrected chi connectivity index (χ2v) is 8.39. The SMILES string of the molecule is CSc1ccccc1NC(=O)C1CCN(c2ccc(-n3nc(C)cc3C)nn2)CC1. The van der Waals surface area contributed by atoms with Crippen LogP contribution in [-0.2, 0) is 4.79 Å². The second-order valence-electron chi connectivity index (χ2n) is 7.54. The van der Waals surface area contributed by atoms with Gasteiger partial charge in [0.05, 0.1) is 11.4 Å². The van der Waals surface area contributed by atoms with Gasteiger partial charge in [0, 0.05) is 29.6 Å². The quantitative estimate of drug-likeness (QED) is 0.630. The van der Waals surface area contributed by atoms with E-state index in [1.54, 1.807) is 16.4 Å². The number of nitrogens with zero attached hydrogens (tertiary/aromatic N) is 5. The Labute approximate surface area is 180 Å². The number of hydrogen-bond acceptors (Lipinski definition) is 6. The summed E-state index contributed by atoms with van der Waals surface area (Å²) in [5, 5.41) is 16.3. The molecule has 0 saturated carbocycles. The number of piperidine rings is 1. The van der Waals surface area contributed by atoms with Gasteiger partial charge < -0.3 is 10.2 Å². The van der Waals surface area contributed by atoms with Crippen LogP contribution in [0.4, 0.5) is 11.5 Å². The van der Waals surface area contributed by atoms with Crippen LogP contribution in [0.5, 0.6) is 0 Å². The Balaban J connectivity index is 1.36. The third-order valence-electron chi connectivity index (χ3n) is 5.42. The van der Waals surface area contributed by atoms with Gasteiger partial charge in [-0.2, -0.15) is 5.10 Å². The Morgan fingerprint density at radius 3 is 2.40 bits per heavy atom. The van der Waals surface area contributed by atoms with E-state index in [1.807, 2.05) is 62.6 Å². The number of nitrogens with one attached hydrogen (secondary N) is 1. The number of aromatic nitrogens is 4. The molecule has 1 N–H and O–H groups in total. The van der Waals surface area contributed by atoms with E-state index in [0.29, 0.717) is 5.82 Å². The highest BCUT2D eigenvalue weighted by Gasteiger charge is 2.26. The highest BCUT2D eigenvalue weighted by atomic mass is 32.2. The third-order valence-corrected chi connectivity index (χ3v) is 6.21. The van der Waals surface area contributed by atoms with Crippen molar-refractivity contribution < 1.29 is 4.79 Å². The van der Waals surface area contributed by atoms with E-state index in [0.717, 1.165) is 53.7 Å². The van der Waals surface area contributed by atoms with Crippen molar-refractivity contribution in [2.75, 3.05) is 29.6 Å². The predicted octanol–water partition coefficient (Wildman–Crippen LogP) is 3.86. The second kappa shape index (κ2) is 8.87. The van der Waals surface area contributed by atoms with Gasteiger partial charge in [-0.25, -0.2) is 4.68 Å². The van der Waals surface area contributed by atoms with Gasteiger partial charge in [-0.15, -0.1) is 22.0 Å². The summed E-state index contributed by atoms with van der Waals surface area (Å²) in [6, 6.07) is 13.9. The van der Waals surface area contributed by atoms with Crippen LogP contribution in [0.25, 0.3) is 5.82 Å². The molecule has 7 nitrogen and oxygen atoms in total. The largest absolute Gasteiger partial charge is 0.355 e. The van der Waals surface area contributed by atoms with E-state index in [4.69, 9.17) is 0 Å². The average molecular weight is 423 g/mol. The molecule has 1 aliphatic rings. The number of para-hydroxylation sites is 1. The summed E-state index contributed by atoms with van der Waals surface area (Å²) in [5.41, 5.74) is 2.88. The van der Waals surface area contributed by atoms with E-state index in [-0.39, 0.29) is 11.8 Å². The van der Waals surface area contributed by atoms with Gasteiger partial charge in [-0.3, -0.25) is 4.79 Å². The van der Waals surface area contributed by atoms with Gasteiger partial charge in [0.15, 0.2) is 11.6 Å². The zero-order valence-corrected chi connectivity index (χ0v) is 18.3. The Morgan fingerprint density at radius 1 is 1.07 bits per heavy atom. The van der Waals surface area contributed by atoms with Crippen LogP contribution in [0, 0.1) is 19.8 Å². The Morgan fingerprint density at radius 2 is 1.77 bits per heavy atom. The van der Waals surface area contributed by atoms with Crippen LogP contribution in [0.15, 0.2) is 47.4 Å². The van der Waals surface area contributed by atoms with Crippen molar-refractivity contribution in [1.82, 2.24) is 20.0 Å². The molecular weight excluding hydrogens is 396 g/mol. The number of carbonyl (C=O) groups excluding carboxylic acids is 1. The van der Waals surface area contributed by atoms with E-state index in [9.17, 15) is 4.79 Å². The van der Waals surface area contributed by atoms with Crippen molar-refractivity contribution in [1.29, 1.82) is 0 Å². The molecule has 3 aromatic rings. The smallest absolute Gasteiger partial charge is 0.227 e. The van der Waals surface area contributed by atoms with Crippen molar-refractivity contribution in [3.63, 3.8) is 0 Å². The van der Waals surface area contributed by atoms with Gasteiger partial charge in [-0.05, 0) is 63.3 Å². The molecule has 1 amide bonds. The van der Waals surface area contributed by atoms with Crippen LogP contribution in [0.1, 0.15) is 24.2 Å². The molecule has 0 aliphatic carbocycles. The zero-order chi connectivity index (χ0) is 21.1. The summed E-state index contributed by atoms with van der Waals surface area (Å²) in [6.07, 6.45) is 3.62. The molecule has 0 atom stereocenters. The van der Waals surface area contributed by atoms with E-state index < -0.39 is 0 Å². The zero-order valence-electron chi connectivity index (χ0n) is 17.5. The molecule has 1 fully saturated rings. The first-order valence-electron chi connectivity index (χ1n) is 10.1. The van der Waals surface area contributed by atoms with Crippen LogP contribution >= 0.6 is 11.8 Å². The number of rotatable bonds is 5. The third kappa shape index (κ3) is 4.33. The first kappa shape index (κ1) is 20.4. The molecule has 8 heteroatoms. The number of thioether (sulfide) groups is 1. The van der Waals surface area contributed by atoms with Gasteiger partial charge >= 0.3 is 0 Å². The van der Waals surface area contributed by atoms with Gasteiger partial charge in [0.1, 0.15) is 0 Å². The maximum Gasteiger partial charge on any atom is 0.227 e. The molecule has 0 unspecified atom stereocenters. The van der Waals surface area contributed by atoms with Crippen LogP contribution in [0.2, 0.25) is 0 Å². The monoisotopic (exact) mass is 422 g/mol. The molecule has 1 saturated heterocycles. The summed E-state index contributed by atoms with van der Waals surface area (Å²) in [5.74, 6) is 1.66. The fourth-order valence-electron chi connectivity index (χ4n) is 3.81. The van der Waals surface area contributed by atoms with Crippen molar-refractivity contribution in [3.05, 3.63) is 53.9 Å². The molecular formula is C22H26N6OS. The number of anilines is 2. The average Bonchev–Trinajstić information content (AvgIpc) is 3.12. The molecule has 0 bridgehead atoms. The molecule has 156 valence electrons. The molecule has 1 aliphatic heterocycles. The van der Waals surface area contributed by atoms with Crippen LogP contribution in [0.3, 0.4) is 0 Å². The van der Waals surface area contributed by atoms with Crippen molar-refractivity contribution >= 4 is 29.2 Å². The minimum Gasteiger partial charge on any atom is -0.355 e. The fourth-order valence-corrected chi connectivity index (χ4v) is 4.37. The van der Waals surface area contributed by atoms with Crippen molar-refractivity contribution in [2.45, 2.75) is 31.6 Å². The lowest BCUT2D eigenvalue weighted by Gasteiger charge is -2.32. The molecule has 3 heterocycles. The lowest BCUT2D eigenvalue weighted by molar-refractivity contribution is -0.120. The topological polar surface area (TPSA) is 75.9 Å². The first-order chi connectivity index (χ1) is 14.5. The normalized spacial score (nSPS) is 14.7. The Bertz CT molecular complexity index is 1020. The Hall–Kier alpha value is -2.87. The van der Waals surface area contributed by atoms with Crippen LogP contribution in [-0.4, -0.2) is 45.2 Å². The lowest BCUT2D eigenvalue weighted by atomic mass is 9.96. The standard InChI is InChI=1S/C22H26N6OS/c1-15-14-16(2)28(26-15)21-9-8-20(24-25-21)27-12-10-17(11-13-27)22(29)23-18-6-4-5-7-19(18)30-3/h4-9,14,17H,10-13H2,1-3H3,(H,23,29). The number of carbonyl (C=O) groups is 1. The minimum atomic E-state index is 0.0121. The molecule has 1 aromatic carbocycles. The molecule has 2 aromatic heterocycles. The van der Waals surface area contributed by atoms with Gasteiger partial charge in [0.25, 0.3) is 0 Å². The van der Waals surface area contributed by atoms with Gasteiger partial charge in [0.2, 0.25) is 5.91 Å². The first-order valence-corrected chi connectivity index (χ1v) is 11.3. The highest BCUT2D eigenvalue weighted by molar-refractivity contribution is 7.98. The predicted molar refractivity (Wildman–Crippen MR) is 120 cm³/mol. The summed E-state index contributed by atoms with van der Waals surface area (Å²) in [4.78, 5) is 16.0. The van der Waals surface area contributed by atoms with Crippen LogP contribution < -0.4 is 10.2 Å². The summed E-state index contributed by atoms with van der Waals surface area (Å²) in [6.45, 7) is 5.54. The number of aryl methyl sites for hydroxylation is 2. The lowest BCUT2D eigenvalue weighted by Crippen LogP contribution is -2.38. The van der Waals surface area contributed by atoms with Gasteiger partial charge in [-0.1, -0.05) is 12.1 Å². The minimum absolute atomic E-state index is 0.0121. The highest BCUT2D eigenvalue weighted by Crippen LogP contribution is 2.27. The van der Waals surface area contributed by atoms with E-state index >= 15 is 0 Å². The maximum atomic E-state index is 12.7. The summed E-state index contributed by atoms with van der Waals surface area (Å²) < 4.78 is 1.80. The van der Waals surface area contributed by atoms with E-state index in [2.05, 4.69) is 25.5 Å². The number of amides is 1. The number of hydrogen-bond donors (Lipinski definition) is 1. The molecule has 0 radical (unpaired) electrons. The molecule has 0 spiro atoms. The number of benzene rings is 1. The summed E-state index contributed by atoms with van der Waals surface area (Å²) in [7, 11) is 0. The fraction of sp³-hybridized carbons (Fsp3) is 0.364. The summed E-state index contributed by atoms with van der Waals surface area (Å²) >= 11 is 1.64. The molecule has 30 heavy (non-hydrogen) atoms. The molecule has 4 rings (SSSR count). The van der Waals surface area contributed by atoms with E-state index in [1.165, 1.54) is 0 Å². The maximum absolute atomic E-state index is 12.7. The Kier molecular flexibility index (Phi) is 6.03. The van der Waals surface area contributed by atoms with Crippen molar-refractivity contribution in [3.8, 4) is 5.82 Å².